The van der Waals surface area contributed by atoms with Gasteiger partial charge in [-0.1, -0.05) is 20.8 Å². The number of nitrogens with zero attached hydrogens (tertiary/aromatic N) is 1. The first-order chi connectivity index (χ1) is 7.03. The highest BCUT2D eigenvalue weighted by Gasteiger charge is 2.10. The number of anilines is 1. The first kappa shape index (κ1) is 11.8. The Labute approximate surface area is 91.9 Å². The Kier molecular flexibility index (Phi) is 3.95. The van der Waals surface area contributed by atoms with Gasteiger partial charge in [0.25, 0.3) is 0 Å². The summed E-state index contributed by atoms with van der Waals surface area (Å²) in [6, 6.07) is 3.78. The van der Waals surface area contributed by atoms with E-state index in [0.29, 0.717) is 5.41 Å². The number of nitrogens with one attached hydrogen (secondary N) is 1. The molecule has 15 heavy (non-hydrogen) atoms. The Balaban J connectivity index is 2.50. The van der Waals surface area contributed by atoms with E-state index in [1.165, 1.54) is 0 Å². The summed E-state index contributed by atoms with van der Waals surface area (Å²) in [6.45, 7) is 7.59. The summed E-state index contributed by atoms with van der Waals surface area (Å²) in [5.41, 5.74) is 0.342. The quantitative estimate of drug-likeness (QED) is 0.826. The van der Waals surface area contributed by atoms with Gasteiger partial charge in [0.2, 0.25) is 0 Å². The van der Waals surface area contributed by atoms with Crippen LogP contribution < -0.4 is 10.1 Å². The van der Waals surface area contributed by atoms with Crippen molar-refractivity contribution in [3.63, 3.8) is 0 Å². The van der Waals surface area contributed by atoms with Crippen LogP contribution in [-0.4, -0.2) is 18.6 Å². The van der Waals surface area contributed by atoms with Gasteiger partial charge in [0.1, 0.15) is 0 Å². The SMILES string of the molecule is COc1cccnc1NCCC(C)(C)C. The topological polar surface area (TPSA) is 34.1 Å². The predicted octanol–water partition coefficient (Wildman–Crippen LogP) is 2.94. The lowest BCUT2D eigenvalue weighted by Gasteiger charge is -2.18. The second-order valence-electron chi connectivity index (χ2n) is 4.79. The molecule has 0 amide bonds. The molecule has 0 aromatic carbocycles. The zero-order chi connectivity index (χ0) is 11.3. The summed E-state index contributed by atoms with van der Waals surface area (Å²) in [7, 11) is 1.66. The third-order valence-corrected chi connectivity index (χ3v) is 2.16. The zero-order valence-corrected chi connectivity index (χ0v) is 10.0. The largest absolute Gasteiger partial charge is 0.493 e. The van der Waals surface area contributed by atoms with Crippen molar-refractivity contribution < 1.29 is 4.74 Å². The van der Waals surface area contributed by atoms with Crippen LogP contribution in [0.25, 0.3) is 0 Å². The molecule has 1 N–H and O–H groups in total. The summed E-state index contributed by atoms with van der Waals surface area (Å²) in [5.74, 6) is 1.62. The molecule has 3 nitrogen and oxygen atoms in total. The van der Waals surface area contributed by atoms with E-state index >= 15 is 0 Å². The van der Waals surface area contributed by atoms with Crippen LogP contribution >= 0.6 is 0 Å². The molecule has 1 rings (SSSR count). The fraction of sp³-hybridized carbons (Fsp3) is 0.583. The van der Waals surface area contributed by atoms with Crippen LogP contribution in [0.2, 0.25) is 0 Å². The molecule has 0 atom stereocenters. The third kappa shape index (κ3) is 4.19. The second-order valence-corrected chi connectivity index (χ2v) is 4.79. The van der Waals surface area contributed by atoms with Gasteiger partial charge in [0.05, 0.1) is 7.11 Å². The van der Waals surface area contributed by atoms with Crippen LogP contribution in [0.15, 0.2) is 18.3 Å². The molecule has 0 radical (unpaired) electrons. The average molecular weight is 208 g/mol. The molecule has 3 heteroatoms. The highest BCUT2D eigenvalue weighted by molar-refractivity contribution is 5.49. The van der Waals surface area contributed by atoms with Crippen LogP contribution in [0.1, 0.15) is 27.2 Å². The summed E-state index contributed by atoms with van der Waals surface area (Å²) < 4.78 is 5.20. The molecule has 0 fully saturated rings. The molecule has 1 heterocycles. The van der Waals surface area contributed by atoms with E-state index in [9.17, 15) is 0 Å². The van der Waals surface area contributed by atoms with Crippen LogP contribution in [0.5, 0.6) is 5.75 Å². The van der Waals surface area contributed by atoms with Crippen molar-refractivity contribution in [3.05, 3.63) is 18.3 Å². The molecule has 0 aliphatic carbocycles. The highest BCUT2D eigenvalue weighted by atomic mass is 16.5. The first-order valence-electron chi connectivity index (χ1n) is 5.26. The normalized spacial score (nSPS) is 11.2. The van der Waals surface area contributed by atoms with Crippen molar-refractivity contribution in [1.29, 1.82) is 0 Å². The van der Waals surface area contributed by atoms with Crippen LogP contribution in [0.3, 0.4) is 0 Å². The maximum atomic E-state index is 5.20. The van der Waals surface area contributed by atoms with Crippen molar-refractivity contribution >= 4 is 5.82 Å². The fourth-order valence-electron chi connectivity index (χ4n) is 1.24. The van der Waals surface area contributed by atoms with Gasteiger partial charge in [0.15, 0.2) is 11.6 Å². The number of pyridine rings is 1. The smallest absolute Gasteiger partial charge is 0.168 e. The van der Waals surface area contributed by atoms with E-state index < -0.39 is 0 Å². The van der Waals surface area contributed by atoms with Gasteiger partial charge in [0, 0.05) is 12.7 Å². The maximum Gasteiger partial charge on any atom is 0.168 e. The van der Waals surface area contributed by atoms with Crippen molar-refractivity contribution in [3.8, 4) is 5.75 Å². The Morgan fingerprint density at radius 3 is 2.73 bits per heavy atom. The molecule has 0 saturated carbocycles. The number of ether oxygens (including phenoxy) is 1. The minimum absolute atomic E-state index is 0.342. The van der Waals surface area contributed by atoms with Gasteiger partial charge >= 0.3 is 0 Å². The Morgan fingerprint density at radius 2 is 2.13 bits per heavy atom. The minimum Gasteiger partial charge on any atom is -0.493 e. The second kappa shape index (κ2) is 5.01. The molecule has 0 bridgehead atoms. The lowest BCUT2D eigenvalue weighted by atomic mass is 9.92. The van der Waals surface area contributed by atoms with E-state index in [4.69, 9.17) is 4.74 Å². The van der Waals surface area contributed by atoms with Gasteiger partial charge in [-0.15, -0.1) is 0 Å². The van der Waals surface area contributed by atoms with Crippen LogP contribution in [0.4, 0.5) is 5.82 Å². The van der Waals surface area contributed by atoms with Crippen LogP contribution in [-0.2, 0) is 0 Å². The van der Waals surface area contributed by atoms with Crippen molar-refractivity contribution in [2.75, 3.05) is 19.0 Å². The van der Waals surface area contributed by atoms with Gasteiger partial charge in [-0.25, -0.2) is 4.98 Å². The molecule has 1 aromatic heterocycles. The Bertz CT molecular complexity index is 305. The summed E-state index contributed by atoms with van der Waals surface area (Å²) >= 11 is 0. The standard InChI is InChI=1S/C12H20N2O/c1-12(2,3)7-9-14-11-10(15-4)6-5-8-13-11/h5-6,8H,7,9H2,1-4H3,(H,13,14). The summed E-state index contributed by atoms with van der Waals surface area (Å²) in [4.78, 5) is 4.23. The minimum atomic E-state index is 0.342. The molecular weight excluding hydrogens is 188 g/mol. The maximum absolute atomic E-state index is 5.20. The summed E-state index contributed by atoms with van der Waals surface area (Å²) in [5, 5.41) is 3.28. The highest BCUT2D eigenvalue weighted by Crippen LogP contribution is 2.22. The molecule has 0 spiro atoms. The molecule has 0 saturated heterocycles. The van der Waals surface area contributed by atoms with Crippen molar-refractivity contribution in [2.24, 2.45) is 5.41 Å². The number of hydrogen-bond donors (Lipinski definition) is 1. The zero-order valence-electron chi connectivity index (χ0n) is 10.0. The lowest BCUT2D eigenvalue weighted by molar-refractivity contribution is 0.388. The fourth-order valence-corrected chi connectivity index (χ4v) is 1.24. The number of rotatable bonds is 4. The Morgan fingerprint density at radius 1 is 1.40 bits per heavy atom. The molecule has 84 valence electrons. The van der Waals surface area contributed by atoms with E-state index in [1.807, 2.05) is 12.1 Å². The van der Waals surface area contributed by atoms with E-state index in [2.05, 4.69) is 31.1 Å². The van der Waals surface area contributed by atoms with E-state index in [0.717, 1.165) is 24.5 Å². The third-order valence-electron chi connectivity index (χ3n) is 2.16. The van der Waals surface area contributed by atoms with Gasteiger partial charge in [-0.3, -0.25) is 0 Å². The average Bonchev–Trinajstić information content (AvgIpc) is 2.16. The first-order valence-corrected chi connectivity index (χ1v) is 5.26. The number of hydrogen-bond acceptors (Lipinski definition) is 3. The number of methoxy groups -OCH3 is 1. The molecule has 0 aliphatic heterocycles. The van der Waals surface area contributed by atoms with Crippen molar-refractivity contribution in [1.82, 2.24) is 4.98 Å². The van der Waals surface area contributed by atoms with E-state index in [1.54, 1.807) is 13.3 Å². The predicted molar refractivity (Wildman–Crippen MR) is 63.4 cm³/mol. The van der Waals surface area contributed by atoms with Crippen LogP contribution in [0, 0.1) is 5.41 Å². The molecule has 0 aliphatic rings. The van der Waals surface area contributed by atoms with Gasteiger partial charge in [-0.2, -0.15) is 0 Å². The van der Waals surface area contributed by atoms with Gasteiger partial charge < -0.3 is 10.1 Å². The molecular formula is C12H20N2O. The molecule has 1 aromatic rings. The van der Waals surface area contributed by atoms with E-state index in [-0.39, 0.29) is 0 Å². The van der Waals surface area contributed by atoms with Gasteiger partial charge in [-0.05, 0) is 24.0 Å². The summed E-state index contributed by atoms with van der Waals surface area (Å²) in [6.07, 6.45) is 2.87. The monoisotopic (exact) mass is 208 g/mol. The molecule has 0 unspecified atom stereocenters. The number of aromatic nitrogens is 1. The lowest BCUT2D eigenvalue weighted by Crippen LogP contribution is -2.13. The van der Waals surface area contributed by atoms with Crippen molar-refractivity contribution in [2.45, 2.75) is 27.2 Å². The Hall–Kier alpha value is -1.25.